The summed E-state index contributed by atoms with van der Waals surface area (Å²) in [4.78, 5) is 4.52. The van der Waals surface area contributed by atoms with Gasteiger partial charge in [-0.3, -0.25) is 4.90 Å². The van der Waals surface area contributed by atoms with E-state index in [9.17, 15) is 9.50 Å². The quantitative estimate of drug-likeness (QED) is 0.816. The summed E-state index contributed by atoms with van der Waals surface area (Å²) in [5.41, 5.74) is 1.07. The lowest BCUT2D eigenvalue weighted by atomic mass is 10.2. The highest BCUT2D eigenvalue weighted by molar-refractivity contribution is 5.46. The van der Waals surface area contributed by atoms with E-state index in [1.54, 1.807) is 0 Å². The number of anilines is 1. The summed E-state index contributed by atoms with van der Waals surface area (Å²) in [5.74, 6) is -0.197. The maximum Gasteiger partial charge on any atom is 0.123 e. The lowest BCUT2D eigenvalue weighted by molar-refractivity contribution is 0.109. The molecular weight excluding hydrogens is 245 g/mol. The predicted octanol–water partition coefficient (Wildman–Crippen LogP) is 0.528. The van der Waals surface area contributed by atoms with Crippen LogP contribution >= 0.6 is 0 Å². The molecule has 1 aromatic rings. The van der Waals surface area contributed by atoms with Gasteiger partial charge in [0.25, 0.3) is 0 Å². The lowest BCUT2D eigenvalue weighted by Gasteiger charge is -2.36. The molecule has 0 radical (unpaired) electrons. The molecule has 0 saturated carbocycles. The molecule has 1 fully saturated rings. The third-order valence-corrected chi connectivity index (χ3v) is 3.47. The number of β-amino-alcohol motifs (C(OH)–C–C–N with tert-alkyl or cyclic N) is 1. The fraction of sp³-hybridized carbons (Fsp3) is 0.571. The normalized spacial score (nSPS) is 18.6. The molecule has 1 heterocycles. The molecule has 2 rings (SSSR count). The molecular formula is C14H22FN3O. The molecule has 0 amide bonds. The van der Waals surface area contributed by atoms with E-state index in [1.165, 1.54) is 12.1 Å². The van der Waals surface area contributed by atoms with E-state index in [0.29, 0.717) is 13.1 Å². The van der Waals surface area contributed by atoms with Crippen molar-refractivity contribution in [3.8, 4) is 0 Å². The summed E-state index contributed by atoms with van der Waals surface area (Å²) in [6.45, 7) is 5.02. The highest BCUT2D eigenvalue weighted by Gasteiger charge is 2.19. The molecule has 106 valence electrons. The van der Waals surface area contributed by atoms with Crippen molar-refractivity contribution in [2.75, 3.05) is 51.2 Å². The average molecular weight is 267 g/mol. The molecule has 2 N–H and O–H groups in total. The van der Waals surface area contributed by atoms with Crippen LogP contribution in [0.2, 0.25) is 0 Å². The standard InChI is InChI=1S/C14H22FN3O/c1-16-10-14(19)11-17-6-8-18(9-7-17)13-4-2-12(15)3-5-13/h2-5,14,16,19H,6-11H2,1H3. The van der Waals surface area contributed by atoms with Gasteiger partial charge < -0.3 is 15.3 Å². The van der Waals surface area contributed by atoms with Gasteiger partial charge in [-0.15, -0.1) is 0 Å². The summed E-state index contributed by atoms with van der Waals surface area (Å²) in [5, 5.41) is 12.7. The van der Waals surface area contributed by atoms with Crippen molar-refractivity contribution in [2.45, 2.75) is 6.10 Å². The van der Waals surface area contributed by atoms with Crippen LogP contribution in [0, 0.1) is 5.82 Å². The van der Waals surface area contributed by atoms with E-state index in [0.717, 1.165) is 31.9 Å². The molecule has 5 heteroatoms. The fourth-order valence-electron chi connectivity index (χ4n) is 2.44. The van der Waals surface area contributed by atoms with Crippen LogP contribution in [0.3, 0.4) is 0 Å². The van der Waals surface area contributed by atoms with E-state index in [4.69, 9.17) is 0 Å². The van der Waals surface area contributed by atoms with E-state index in [1.807, 2.05) is 19.2 Å². The number of benzene rings is 1. The van der Waals surface area contributed by atoms with Crippen molar-refractivity contribution in [2.24, 2.45) is 0 Å². The van der Waals surface area contributed by atoms with Gasteiger partial charge in [0.15, 0.2) is 0 Å². The van der Waals surface area contributed by atoms with Gasteiger partial charge in [0.1, 0.15) is 5.82 Å². The van der Waals surface area contributed by atoms with Crippen LogP contribution in [0.5, 0.6) is 0 Å². The highest BCUT2D eigenvalue weighted by Crippen LogP contribution is 2.16. The van der Waals surface area contributed by atoms with Crippen LogP contribution in [0.1, 0.15) is 0 Å². The average Bonchev–Trinajstić information content (AvgIpc) is 2.41. The Kier molecular flexibility index (Phi) is 5.13. The van der Waals surface area contributed by atoms with Gasteiger partial charge in [0, 0.05) is 45.0 Å². The van der Waals surface area contributed by atoms with Crippen LogP contribution in [0.15, 0.2) is 24.3 Å². The summed E-state index contributed by atoms with van der Waals surface area (Å²) < 4.78 is 12.9. The van der Waals surface area contributed by atoms with Crippen LogP contribution in [-0.4, -0.2) is 62.4 Å². The smallest absolute Gasteiger partial charge is 0.123 e. The Balaban J connectivity index is 1.80. The Morgan fingerprint density at radius 1 is 1.21 bits per heavy atom. The van der Waals surface area contributed by atoms with Crippen molar-refractivity contribution in [1.82, 2.24) is 10.2 Å². The molecule has 1 saturated heterocycles. The first-order chi connectivity index (χ1) is 9.19. The van der Waals surface area contributed by atoms with E-state index < -0.39 is 0 Å². The van der Waals surface area contributed by atoms with Crippen molar-refractivity contribution in [3.05, 3.63) is 30.1 Å². The fourth-order valence-corrected chi connectivity index (χ4v) is 2.44. The SMILES string of the molecule is CNCC(O)CN1CCN(c2ccc(F)cc2)CC1. The molecule has 0 bridgehead atoms. The van der Waals surface area contributed by atoms with Gasteiger partial charge in [-0.2, -0.15) is 0 Å². The molecule has 1 aromatic carbocycles. The van der Waals surface area contributed by atoms with Crippen molar-refractivity contribution >= 4 is 5.69 Å². The van der Waals surface area contributed by atoms with Gasteiger partial charge in [0.2, 0.25) is 0 Å². The van der Waals surface area contributed by atoms with E-state index in [-0.39, 0.29) is 11.9 Å². The minimum absolute atomic E-state index is 0.197. The zero-order valence-corrected chi connectivity index (χ0v) is 11.3. The first-order valence-corrected chi connectivity index (χ1v) is 6.74. The van der Waals surface area contributed by atoms with Crippen molar-refractivity contribution in [3.63, 3.8) is 0 Å². The predicted molar refractivity (Wildman–Crippen MR) is 75.0 cm³/mol. The van der Waals surface area contributed by atoms with Gasteiger partial charge in [-0.05, 0) is 31.3 Å². The third kappa shape index (κ3) is 4.16. The maximum atomic E-state index is 12.9. The van der Waals surface area contributed by atoms with E-state index in [2.05, 4.69) is 15.1 Å². The van der Waals surface area contributed by atoms with Gasteiger partial charge >= 0.3 is 0 Å². The van der Waals surface area contributed by atoms with Crippen LogP contribution < -0.4 is 10.2 Å². The summed E-state index contributed by atoms with van der Waals surface area (Å²) in [6.07, 6.45) is -0.317. The third-order valence-electron chi connectivity index (χ3n) is 3.47. The van der Waals surface area contributed by atoms with Crippen LogP contribution in [0.4, 0.5) is 10.1 Å². The first kappa shape index (κ1) is 14.2. The second-order valence-corrected chi connectivity index (χ2v) is 4.98. The molecule has 1 aliphatic heterocycles. The number of likely N-dealkylation sites (N-methyl/N-ethyl adjacent to an activating group) is 1. The Labute approximate surface area is 113 Å². The summed E-state index contributed by atoms with van der Waals surface area (Å²) in [6, 6.07) is 6.64. The van der Waals surface area contributed by atoms with Crippen LogP contribution in [0.25, 0.3) is 0 Å². The van der Waals surface area contributed by atoms with Gasteiger partial charge in [-0.1, -0.05) is 0 Å². The number of hydrogen-bond donors (Lipinski definition) is 2. The topological polar surface area (TPSA) is 38.7 Å². The maximum absolute atomic E-state index is 12.9. The largest absolute Gasteiger partial charge is 0.390 e. The number of aliphatic hydroxyl groups is 1. The Bertz CT molecular complexity index is 377. The number of nitrogens with zero attached hydrogens (tertiary/aromatic N) is 2. The zero-order chi connectivity index (χ0) is 13.7. The molecule has 0 aromatic heterocycles. The number of hydrogen-bond acceptors (Lipinski definition) is 4. The first-order valence-electron chi connectivity index (χ1n) is 6.74. The number of aliphatic hydroxyl groups excluding tert-OH is 1. The Morgan fingerprint density at radius 2 is 1.84 bits per heavy atom. The molecule has 4 nitrogen and oxygen atoms in total. The van der Waals surface area contributed by atoms with Gasteiger partial charge in [0.05, 0.1) is 6.10 Å². The number of rotatable bonds is 5. The molecule has 0 aliphatic carbocycles. The second-order valence-electron chi connectivity index (χ2n) is 4.98. The van der Waals surface area contributed by atoms with Crippen molar-refractivity contribution < 1.29 is 9.50 Å². The summed E-state index contributed by atoms with van der Waals surface area (Å²) in [7, 11) is 1.84. The van der Waals surface area contributed by atoms with E-state index >= 15 is 0 Å². The molecule has 1 atom stereocenters. The molecule has 0 spiro atoms. The molecule has 1 aliphatic rings. The monoisotopic (exact) mass is 267 g/mol. The Morgan fingerprint density at radius 3 is 2.42 bits per heavy atom. The van der Waals surface area contributed by atoms with Crippen molar-refractivity contribution in [1.29, 1.82) is 0 Å². The van der Waals surface area contributed by atoms with Gasteiger partial charge in [-0.25, -0.2) is 4.39 Å². The molecule has 1 unspecified atom stereocenters. The minimum atomic E-state index is -0.317. The highest BCUT2D eigenvalue weighted by atomic mass is 19.1. The second kappa shape index (κ2) is 6.84. The van der Waals surface area contributed by atoms with Crippen LogP contribution in [-0.2, 0) is 0 Å². The number of nitrogens with one attached hydrogen (secondary N) is 1. The number of halogens is 1. The number of piperazine rings is 1. The zero-order valence-electron chi connectivity index (χ0n) is 11.3. The molecule has 19 heavy (non-hydrogen) atoms. The minimum Gasteiger partial charge on any atom is -0.390 e. The lowest BCUT2D eigenvalue weighted by Crippen LogP contribution is -2.49. The Hall–Kier alpha value is -1.17. The summed E-state index contributed by atoms with van der Waals surface area (Å²) >= 11 is 0.